The summed E-state index contributed by atoms with van der Waals surface area (Å²) in [6, 6.07) is 10.1. The molecule has 1 aliphatic heterocycles. The van der Waals surface area contributed by atoms with Crippen LogP contribution in [0, 0.1) is 0 Å². The van der Waals surface area contributed by atoms with Gasteiger partial charge in [-0.25, -0.2) is 8.42 Å². The highest BCUT2D eigenvalue weighted by Crippen LogP contribution is 2.34. The van der Waals surface area contributed by atoms with E-state index in [2.05, 4.69) is 4.99 Å². The maximum absolute atomic E-state index is 12.9. The predicted molar refractivity (Wildman–Crippen MR) is 95.0 cm³/mol. The summed E-state index contributed by atoms with van der Waals surface area (Å²) >= 11 is 1.30. The molecular weight excluding hydrogens is 372 g/mol. The van der Waals surface area contributed by atoms with Gasteiger partial charge < -0.3 is 4.57 Å². The SMILES string of the molecule is Cn1ccsc1=NC(=O)c1ccc2c(c1)S(=O)(=O)c1ccccc1C2=O. The van der Waals surface area contributed by atoms with Gasteiger partial charge in [0.2, 0.25) is 9.84 Å². The Balaban J connectivity index is 1.88. The van der Waals surface area contributed by atoms with Crippen LogP contribution in [0.4, 0.5) is 0 Å². The van der Waals surface area contributed by atoms with Crippen LogP contribution in [0.3, 0.4) is 0 Å². The second-order valence-electron chi connectivity index (χ2n) is 5.75. The van der Waals surface area contributed by atoms with Crippen molar-refractivity contribution in [2.45, 2.75) is 9.79 Å². The zero-order valence-electron chi connectivity index (χ0n) is 13.5. The number of rotatable bonds is 1. The molecule has 3 aromatic rings. The average Bonchev–Trinajstić information content (AvgIpc) is 3.04. The van der Waals surface area contributed by atoms with E-state index in [4.69, 9.17) is 0 Å². The monoisotopic (exact) mass is 384 g/mol. The van der Waals surface area contributed by atoms with E-state index >= 15 is 0 Å². The van der Waals surface area contributed by atoms with Gasteiger partial charge in [0, 0.05) is 35.3 Å². The molecule has 26 heavy (non-hydrogen) atoms. The summed E-state index contributed by atoms with van der Waals surface area (Å²) in [5.41, 5.74) is 0.337. The van der Waals surface area contributed by atoms with Gasteiger partial charge in [0.1, 0.15) is 0 Å². The molecule has 0 saturated carbocycles. The number of carbonyl (C=O) groups excluding carboxylic acids is 2. The first-order chi connectivity index (χ1) is 12.4. The van der Waals surface area contributed by atoms with Crippen molar-refractivity contribution in [1.82, 2.24) is 4.57 Å². The Morgan fingerprint density at radius 1 is 1.08 bits per heavy atom. The first-order valence-corrected chi connectivity index (χ1v) is 9.98. The Labute approximate surface area is 153 Å². The fourth-order valence-electron chi connectivity index (χ4n) is 2.80. The van der Waals surface area contributed by atoms with Crippen LogP contribution < -0.4 is 4.80 Å². The number of carbonyl (C=O) groups is 2. The lowest BCUT2D eigenvalue weighted by Crippen LogP contribution is -2.21. The smallest absolute Gasteiger partial charge is 0.279 e. The Kier molecular flexibility index (Phi) is 3.74. The van der Waals surface area contributed by atoms with E-state index in [-0.39, 0.29) is 32.3 Å². The number of ketones is 1. The van der Waals surface area contributed by atoms with Gasteiger partial charge in [-0.15, -0.1) is 11.3 Å². The summed E-state index contributed by atoms with van der Waals surface area (Å²) in [6.07, 6.45) is 1.77. The number of hydrogen-bond donors (Lipinski definition) is 0. The normalized spacial score (nSPS) is 15.4. The minimum absolute atomic E-state index is 0.0382. The number of amides is 1. The molecule has 0 bridgehead atoms. The van der Waals surface area contributed by atoms with Crippen LogP contribution >= 0.6 is 11.3 Å². The Hall–Kier alpha value is -2.84. The van der Waals surface area contributed by atoms with E-state index in [1.165, 1.54) is 41.7 Å². The molecule has 0 fully saturated rings. The van der Waals surface area contributed by atoms with Crippen LogP contribution in [-0.4, -0.2) is 24.7 Å². The molecule has 130 valence electrons. The lowest BCUT2D eigenvalue weighted by Gasteiger charge is -2.18. The highest BCUT2D eigenvalue weighted by atomic mass is 32.2. The number of hydrogen-bond acceptors (Lipinski definition) is 5. The third kappa shape index (κ3) is 2.46. The molecule has 8 heteroatoms. The van der Waals surface area contributed by atoms with Crippen LogP contribution in [-0.2, 0) is 16.9 Å². The highest BCUT2D eigenvalue weighted by Gasteiger charge is 2.34. The second-order valence-corrected chi connectivity index (χ2v) is 8.51. The lowest BCUT2D eigenvalue weighted by molar-refractivity contribution is 0.0993. The van der Waals surface area contributed by atoms with Crippen LogP contribution in [0.5, 0.6) is 0 Å². The van der Waals surface area contributed by atoms with E-state index in [1.807, 2.05) is 0 Å². The standard InChI is InChI=1S/C18H12N2O4S2/c1-20-8-9-25-18(20)19-17(22)11-6-7-13-15(10-11)26(23,24)14-5-3-2-4-12(14)16(13)21/h2-10H,1H3. The van der Waals surface area contributed by atoms with Crippen molar-refractivity contribution < 1.29 is 18.0 Å². The number of nitrogens with zero attached hydrogens (tertiary/aromatic N) is 2. The van der Waals surface area contributed by atoms with Crippen molar-refractivity contribution in [3.8, 4) is 0 Å². The van der Waals surface area contributed by atoms with Crippen molar-refractivity contribution in [3.63, 3.8) is 0 Å². The molecule has 2 heterocycles. The number of sulfone groups is 1. The third-order valence-corrected chi connectivity index (χ3v) is 6.84. The molecule has 6 nitrogen and oxygen atoms in total. The molecule has 1 amide bonds. The summed E-state index contributed by atoms with van der Waals surface area (Å²) in [6.45, 7) is 0. The first-order valence-electron chi connectivity index (χ1n) is 7.61. The largest absolute Gasteiger partial charge is 0.327 e. The number of benzene rings is 2. The highest BCUT2D eigenvalue weighted by molar-refractivity contribution is 7.91. The van der Waals surface area contributed by atoms with Gasteiger partial charge in [0.15, 0.2) is 10.6 Å². The fourth-order valence-corrected chi connectivity index (χ4v) is 5.21. The van der Waals surface area contributed by atoms with Gasteiger partial charge in [-0.2, -0.15) is 4.99 Å². The van der Waals surface area contributed by atoms with E-state index in [0.29, 0.717) is 4.80 Å². The molecule has 0 saturated heterocycles. The third-order valence-electron chi connectivity index (χ3n) is 4.14. The summed E-state index contributed by atoms with van der Waals surface area (Å²) in [5.74, 6) is -0.932. The van der Waals surface area contributed by atoms with Crippen molar-refractivity contribution in [2.75, 3.05) is 0 Å². The maximum Gasteiger partial charge on any atom is 0.279 e. The lowest BCUT2D eigenvalue weighted by atomic mass is 10.0. The quantitative estimate of drug-likeness (QED) is 0.504. The minimum atomic E-state index is -3.88. The van der Waals surface area contributed by atoms with Crippen molar-refractivity contribution >= 4 is 32.9 Å². The maximum atomic E-state index is 12.9. The molecule has 4 rings (SSSR count). The van der Waals surface area contributed by atoms with E-state index in [1.54, 1.807) is 35.3 Å². The molecule has 0 atom stereocenters. The Bertz CT molecular complexity index is 1250. The molecule has 2 aromatic carbocycles. The van der Waals surface area contributed by atoms with Gasteiger partial charge in [-0.05, 0) is 30.3 Å². The van der Waals surface area contributed by atoms with Crippen molar-refractivity contribution in [3.05, 3.63) is 75.5 Å². The van der Waals surface area contributed by atoms with Crippen LogP contribution in [0.15, 0.2) is 68.8 Å². The molecule has 0 radical (unpaired) electrons. The second kappa shape index (κ2) is 5.86. The summed E-state index contributed by atoms with van der Waals surface area (Å²) in [5, 5.41) is 1.79. The molecule has 0 N–H and O–H groups in total. The van der Waals surface area contributed by atoms with E-state index in [0.717, 1.165) is 0 Å². The zero-order valence-corrected chi connectivity index (χ0v) is 15.2. The summed E-state index contributed by atoms with van der Waals surface area (Å²) in [7, 11) is -2.12. The average molecular weight is 384 g/mol. The van der Waals surface area contributed by atoms with E-state index < -0.39 is 15.7 Å². The number of aryl methyl sites for hydroxylation is 1. The number of thiazole rings is 1. The van der Waals surface area contributed by atoms with Crippen molar-refractivity contribution in [1.29, 1.82) is 0 Å². The van der Waals surface area contributed by atoms with E-state index in [9.17, 15) is 18.0 Å². The van der Waals surface area contributed by atoms with Gasteiger partial charge in [0.05, 0.1) is 9.79 Å². The molecule has 0 aliphatic carbocycles. The molecule has 0 spiro atoms. The predicted octanol–water partition coefficient (Wildman–Crippen LogP) is 2.20. The van der Waals surface area contributed by atoms with Crippen LogP contribution in [0.2, 0.25) is 0 Å². The molecule has 1 aliphatic rings. The number of aromatic nitrogens is 1. The molecular formula is C18H12N2O4S2. The topological polar surface area (TPSA) is 85.6 Å². The molecule has 1 aromatic heterocycles. The Morgan fingerprint density at radius 2 is 1.81 bits per heavy atom. The summed E-state index contributed by atoms with van der Waals surface area (Å²) in [4.78, 5) is 29.4. The minimum Gasteiger partial charge on any atom is -0.327 e. The van der Waals surface area contributed by atoms with Gasteiger partial charge >= 0.3 is 0 Å². The van der Waals surface area contributed by atoms with Crippen LogP contribution in [0.25, 0.3) is 0 Å². The first kappa shape index (κ1) is 16.6. The Morgan fingerprint density at radius 3 is 2.54 bits per heavy atom. The van der Waals surface area contributed by atoms with Gasteiger partial charge in [-0.1, -0.05) is 12.1 Å². The van der Waals surface area contributed by atoms with Crippen LogP contribution in [0.1, 0.15) is 26.3 Å². The molecule has 0 unspecified atom stereocenters. The van der Waals surface area contributed by atoms with Gasteiger partial charge in [-0.3, -0.25) is 9.59 Å². The zero-order chi connectivity index (χ0) is 18.5. The number of fused-ring (bicyclic) bond motifs is 2. The summed E-state index contributed by atoms with van der Waals surface area (Å²) < 4.78 is 27.5. The van der Waals surface area contributed by atoms with Gasteiger partial charge in [0.25, 0.3) is 5.91 Å². The fraction of sp³-hybridized carbons (Fsp3) is 0.0556. The van der Waals surface area contributed by atoms with Crippen molar-refractivity contribution in [2.24, 2.45) is 12.0 Å².